The van der Waals surface area contributed by atoms with Crippen LogP contribution >= 0.6 is 11.6 Å². The first-order valence-electron chi connectivity index (χ1n) is 10.5. The molecule has 32 heavy (non-hydrogen) atoms. The molecule has 6 heteroatoms. The predicted octanol–water partition coefficient (Wildman–Crippen LogP) is 7.16. The van der Waals surface area contributed by atoms with Crippen molar-refractivity contribution in [2.75, 3.05) is 5.32 Å². The van der Waals surface area contributed by atoms with Crippen LogP contribution in [0.1, 0.15) is 26.2 Å². The van der Waals surface area contributed by atoms with Gasteiger partial charge in [-0.3, -0.25) is 10.1 Å². The fourth-order valence-corrected chi connectivity index (χ4v) is 3.50. The number of rotatable bonds is 7. The number of carbonyl (C=O) groups is 1. The van der Waals surface area contributed by atoms with Gasteiger partial charge < -0.3 is 9.52 Å². The van der Waals surface area contributed by atoms with Crippen molar-refractivity contribution in [3.8, 4) is 39.6 Å². The van der Waals surface area contributed by atoms with Crippen LogP contribution in [0.4, 0.5) is 5.88 Å². The molecule has 0 saturated heterocycles. The SMILES string of the molecule is CCCCC(=O)Nc1oc(-c2ccc(-c3ccccc3)cc2O)nc1-c1ccc(Cl)cc1. The van der Waals surface area contributed by atoms with Gasteiger partial charge in [-0.1, -0.05) is 73.5 Å². The van der Waals surface area contributed by atoms with Crippen molar-refractivity contribution in [2.45, 2.75) is 26.2 Å². The van der Waals surface area contributed by atoms with E-state index in [9.17, 15) is 9.90 Å². The molecular weight excluding hydrogens is 424 g/mol. The molecule has 0 aliphatic carbocycles. The van der Waals surface area contributed by atoms with E-state index < -0.39 is 0 Å². The van der Waals surface area contributed by atoms with E-state index in [1.165, 1.54) is 0 Å². The topological polar surface area (TPSA) is 75.4 Å². The second kappa shape index (κ2) is 9.71. The summed E-state index contributed by atoms with van der Waals surface area (Å²) in [4.78, 5) is 16.9. The van der Waals surface area contributed by atoms with Gasteiger partial charge in [0.15, 0.2) is 0 Å². The Morgan fingerprint density at radius 2 is 1.72 bits per heavy atom. The molecular formula is C26H23ClN2O3. The van der Waals surface area contributed by atoms with Crippen LogP contribution in [-0.2, 0) is 4.79 Å². The Morgan fingerprint density at radius 3 is 2.41 bits per heavy atom. The maximum atomic E-state index is 12.4. The Hall–Kier alpha value is -3.57. The Morgan fingerprint density at radius 1 is 1.00 bits per heavy atom. The lowest BCUT2D eigenvalue weighted by Gasteiger charge is -2.05. The number of phenols is 1. The Kier molecular flexibility index (Phi) is 6.57. The van der Waals surface area contributed by atoms with Crippen LogP contribution in [-0.4, -0.2) is 16.0 Å². The smallest absolute Gasteiger partial charge is 0.233 e. The zero-order valence-corrected chi connectivity index (χ0v) is 18.4. The zero-order valence-electron chi connectivity index (χ0n) is 17.6. The van der Waals surface area contributed by atoms with Gasteiger partial charge in [0.05, 0.1) is 5.56 Å². The van der Waals surface area contributed by atoms with Crippen molar-refractivity contribution >= 4 is 23.4 Å². The number of halogens is 1. The maximum Gasteiger partial charge on any atom is 0.233 e. The van der Waals surface area contributed by atoms with E-state index in [4.69, 9.17) is 16.0 Å². The number of benzene rings is 3. The van der Waals surface area contributed by atoms with Gasteiger partial charge in [-0.15, -0.1) is 0 Å². The first-order valence-corrected chi connectivity index (χ1v) is 10.9. The molecule has 5 nitrogen and oxygen atoms in total. The van der Waals surface area contributed by atoms with Gasteiger partial charge in [0.1, 0.15) is 11.4 Å². The van der Waals surface area contributed by atoms with Gasteiger partial charge >= 0.3 is 0 Å². The molecule has 2 N–H and O–H groups in total. The number of oxazole rings is 1. The zero-order chi connectivity index (χ0) is 22.5. The second-order valence-electron chi connectivity index (χ2n) is 7.45. The quantitative estimate of drug-likeness (QED) is 0.315. The molecule has 4 rings (SSSR count). The van der Waals surface area contributed by atoms with Crippen LogP contribution in [0.25, 0.3) is 33.8 Å². The van der Waals surface area contributed by atoms with Gasteiger partial charge in [-0.2, -0.15) is 0 Å². The Balaban J connectivity index is 1.72. The van der Waals surface area contributed by atoms with Crippen LogP contribution < -0.4 is 5.32 Å². The van der Waals surface area contributed by atoms with Crippen molar-refractivity contribution in [1.29, 1.82) is 0 Å². The highest BCUT2D eigenvalue weighted by molar-refractivity contribution is 6.30. The van der Waals surface area contributed by atoms with Crippen molar-refractivity contribution in [2.24, 2.45) is 0 Å². The van der Waals surface area contributed by atoms with E-state index in [0.29, 0.717) is 22.7 Å². The fraction of sp³-hybridized carbons (Fsp3) is 0.154. The normalized spacial score (nSPS) is 10.8. The van der Waals surface area contributed by atoms with Crippen LogP contribution in [0, 0.1) is 0 Å². The van der Waals surface area contributed by atoms with Gasteiger partial charge in [0.25, 0.3) is 0 Å². The number of hydrogen-bond donors (Lipinski definition) is 2. The number of phenolic OH excluding ortho intramolecular Hbond substituents is 1. The minimum atomic E-state index is -0.145. The summed E-state index contributed by atoms with van der Waals surface area (Å²) in [6.07, 6.45) is 2.09. The standard InChI is InChI=1S/C26H23ClN2O3/c1-2-3-9-23(31)28-26-24(18-10-13-20(27)14-11-18)29-25(32-26)21-15-12-19(16-22(21)30)17-7-5-4-6-8-17/h4-8,10-16,30H,2-3,9H2,1H3,(H,28,31). The molecule has 1 amide bonds. The molecule has 0 fully saturated rings. The molecule has 0 atom stereocenters. The lowest BCUT2D eigenvalue weighted by Crippen LogP contribution is -2.11. The number of nitrogens with zero attached hydrogens (tertiary/aromatic N) is 1. The van der Waals surface area contributed by atoms with E-state index in [1.54, 1.807) is 24.3 Å². The highest BCUT2D eigenvalue weighted by Gasteiger charge is 2.20. The van der Waals surface area contributed by atoms with Gasteiger partial charge in [-0.25, -0.2) is 4.98 Å². The molecule has 1 aromatic heterocycles. The summed E-state index contributed by atoms with van der Waals surface area (Å²) in [5.74, 6) is 0.361. The highest BCUT2D eigenvalue weighted by atomic mass is 35.5. The number of aromatic hydroxyl groups is 1. The average molecular weight is 447 g/mol. The van der Waals surface area contributed by atoms with E-state index >= 15 is 0 Å². The molecule has 0 aliphatic heterocycles. The minimum Gasteiger partial charge on any atom is -0.507 e. The summed E-state index contributed by atoms with van der Waals surface area (Å²) in [5.41, 5.74) is 3.54. The van der Waals surface area contributed by atoms with Gasteiger partial charge in [0.2, 0.25) is 17.7 Å². The minimum absolute atomic E-state index is 0.0409. The molecule has 0 bridgehead atoms. The van der Waals surface area contributed by atoms with Crippen LogP contribution in [0.2, 0.25) is 5.02 Å². The number of hydrogen-bond acceptors (Lipinski definition) is 4. The van der Waals surface area contributed by atoms with E-state index in [2.05, 4.69) is 10.3 Å². The molecule has 1 heterocycles. The number of carbonyl (C=O) groups excluding carboxylic acids is 1. The predicted molar refractivity (Wildman–Crippen MR) is 128 cm³/mol. The van der Waals surface area contributed by atoms with Crippen LogP contribution in [0.3, 0.4) is 0 Å². The summed E-state index contributed by atoms with van der Waals surface area (Å²) in [7, 11) is 0. The van der Waals surface area contributed by atoms with E-state index in [0.717, 1.165) is 29.5 Å². The molecule has 0 saturated carbocycles. The van der Waals surface area contributed by atoms with Gasteiger partial charge in [0, 0.05) is 17.0 Å². The molecule has 162 valence electrons. The van der Waals surface area contributed by atoms with E-state index in [-0.39, 0.29) is 23.4 Å². The lowest BCUT2D eigenvalue weighted by atomic mass is 10.0. The molecule has 4 aromatic rings. The Bertz CT molecular complexity index is 1220. The number of unbranched alkanes of at least 4 members (excludes halogenated alkanes) is 1. The molecule has 0 aliphatic rings. The molecule has 0 spiro atoms. The van der Waals surface area contributed by atoms with Crippen molar-refractivity contribution in [3.63, 3.8) is 0 Å². The Labute approximate surface area is 191 Å². The number of nitrogens with one attached hydrogen (secondary N) is 1. The van der Waals surface area contributed by atoms with Crippen molar-refractivity contribution in [3.05, 3.63) is 77.8 Å². The highest BCUT2D eigenvalue weighted by Crippen LogP contribution is 2.38. The average Bonchev–Trinajstić information content (AvgIpc) is 3.22. The summed E-state index contributed by atoms with van der Waals surface area (Å²) in [6.45, 7) is 2.03. The number of anilines is 1. The fourth-order valence-electron chi connectivity index (χ4n) is 3.37. The monoisotopic (exact) mass is 446 g/mol. The maximum absolute atomic E-state index is 12.4. The van der Waals surface area contributed by atoms with Crippen molar-refractivity contribution < 1.29 is 14.3 Å². The molecule has 0 radical (unpaired) electrons. The van der Waals surface area contributed by atoms with Crippen molar-refractivity contribution in [1.82, 2.24) is 4.98 Å². The van der Waals surface area contributed by atoms with E-state index in [1.807, 2.05) is 55.5 Å². The lowest BCUT2D eigenvalue weighted by molar-refractivity contribution is -0.116. The summed E-state index contributed by atoms with van der Waals surface area (Å²) in [5, 5.41) is 14.1. The summed E-state index contributed by atoms with van der Waals surface area (Å²) in [6, 6.07) is 22.2. The third-order valence-corrected chi connectivity index (χ3v) is 5.34. The third-order valence-electron chi connectivity index (χ3n) is 5.09. The first kappa shape index (κ1) is 21.7. The largest absolute Gasteiger partial charge is 0.507 e. The van der Waals surface area contributed by atoms with Crippen LogP contribution in [0.5, 0.6) is 5.75 Å². The third kappa shape index (κ3) is 4.84. The number of aromatic nitrogens is 1. The molecule has 0 unspecified atom stereocenters. The number of amides is 1. The summed E-state index contributed by atoms with van der Waals surface area (Å²) >= 11 is 6.02. The first-order chi connectivity index (χ1) is 15.5. The molecule has 3 aromatic carbocycles. The summed E-state index contributed by atoms with van der Waals surface area (Å²) < 4.78 is 5.93. The second-order valence-corrected chi connectivity index (χ2v) is 7.89. The van der Waals surface area contributed by atoms with Crippen LogP contribution in [0.15, 0.2) is 77.2 Å². The van der Waals surface area contributed by atoms with Gasteiger partial charge in [-0.05, 0) is 41.8 Å².